The Labute approximate surface area is 111 Å². The molecule has 0 atom stereocenters. The van der Waals surface area contributed by atoms with Crippen LogP contribution >= 0.6 is 0 Å². The molecule has 0 amide bonds. The number of nitrogens with one attached hydrogen (secondary N) is 2. The zero-order valence-electron chi connectivity index (χ0n) is 11.3. The molecule has 1 aliphatic carbocycles. The first-order valence-electron chi connectivity index (χ1n) is 6.90. The Balaban J connectivity index is 1.92. The van der Waals surface area contributed by atoms with Gasteiger partial charge in [-0.1, -0.05) is 6.92 Å². The highest BCUT2D eigenvalue weighted by Crippen LogP contribution is 2.28. The second kappa shape index (κ2) is 8.85. The van der Waals surface area contributed by atoms with E-state index in [-0.39, 0.29) is 5.75 Å². The fraction of sp³-hybridized carbons (Fsp3) is 1.00. The first-order chi connectivity index (χ1) is 8.64. The maximum absolute atomic E-state index is 11.6. The first-order valence-corrected chi connectivity index (χ1v) is 8.55. The first kappa shape index (κ1) is 15.9. The fourth-order valence-electron chi connectivity index (χ4n) is 1.56. The largest absolute Gasteiger partial charge is 0.380 e. The van der Waals surface area contributed by atoms with E-state index in [0.717, 1.165) is 32.0 Å². The molecule has 0 spiro atoms. The van der Waals surface area contributed by atoms with Gasteiger partial charge >= 0.3 is 0 Å². The van der Waals surface area contributed by atoms with Crippen molar-refractivity contribution in [2.45, 2.75) is 32.6 Å². The van der Waals surface area contributed by atoms with Crippen LogP contribution in [0, 0.1) is 5.92 Å². The highest BCUT2D eigenvalue weighted by Gasteiger charge is 2.20. The lowest BCUT2D eigenvalue weighted by molar-refractivity contribution is 0.129. The van der Waals surface area contributed by atoms with Crippen LogP contribution in [0.2, 0.25) is 0 Å². The lowest BCUT2D eigenvalue weighted by Gasteiger charge is -2.07. The van der Waals surface area contributed by atoms with Gasteiger partial charge in [-0.15, -0.1) is 0 Å². The molecule has 0 aliphatic heterocycles. The summed E-state index contributed by atoms with van der Waals surface area (Å²) in [5, 5.41) is 3.19. The molecule has 108 valence electrons. The highest BCUT2D eigenvalue weighted by molar-refractivity contribution is 7.89. The molecule has 1 saturated carbocycles. The Morgan fingerprint density at radius 2 is 2.00 bits per heavy atom. The molecule has 0 unspecified atom stereocenters. The maximum atomic E-state index is 11.6. The monoisotopic (exact) mass is 278 g/mol. The quantitative estimate of drug-likeness (QED) is 0.516. The van der Waals surface area contributed by atoms with Gasteiger partial charge in [0.25, 0.3) is 0 Å². The van der Waals surface area contributed by atoms with Crippen LogP contribution in [0.1, 0.15) is 32.6 Å². The summed E-state index contributed by atoms with van der Waals surface area (Å²) >= 11 is 0. The van der Waals surface area contributed by atoms with E-state index in [9.17, 15) is 8.42 Å². The van der Waals surface area contributed by atoms with Crippen LogP contribution in [0.15, 0.2) is 0 Å². The van der Waals surface area contributed by atoms with Crippen molar-refractivity contribution in [1.29, 1.82) is 0 Å². The van der Waals surface area contributed by atoms with E-state index in [2.05, 4.69) is 17.0 Å². The Hall–Kier alpha value is -0.170. The van der Waals surface area contributed by atoms with E-state index in [1.807, 2.05) is 0 Å². The molecule has 1 fully saturated rings. The van der Waals surface area contributed by atoms with E-state index in [4.69, 9.17) is 4.74 Å². The third-order valence-corrected chi connectivity index (χ3v) is 4.28. The zero-order valence-corrected chi connectivity index (χ0v) is 12.1. The van der Waals surface area contributed by atoms with E-state index >= 15 is 0 Å². The predicted molar refractivity (Wildman–Crippen MR) is 73.1 cm³/mol. The van der Waals surface area contributed by atoms with Gasteiger partial charge in [0, 0.05) is 13.2 Å². The SMILES string of the molecule is CCCNCCCS(=O)(=O)NCCOCC1CC1. The van der Waals surface area contributed by atoms with Gasteiger partial charge in [0.1, 0.15) is 0 Å². The van der Waals surface area contributed by atoms with E-state index < -0.39 is 10.0 Å². The standard InChI is InChI=1S/C12H26N2O3S/c1-2-6-13-7-3-10-18(15,16)14-8-9-17-11-12-4-5-12/h12-14H,2-11H2,1H3. The van der Waals surface area contributed by atoms with Gasteiger partial charge < -0.3 is 10.1 Å². The van der Waals surface area contributed by atoms with Crippen molar-refractivity contribution in [2.75, 3.05) is 38.6 Å². The van der Waals surface area contributed by atoms with Crippen LogP contribution in [0.5, 0.6) is 0 Å². The van der Waals surface area contributed by atoms with Gasteiger partial charge in [-0.3, -0.25) is 0 Å². The van der Waals surface area contributed by atoms with Crippen LogP contribution in [0.4, 0.5) is 0 Å². The fourth-order valence-corrected chi connectivity index (χ4v) is 2.63. The summed E-state index contributed by atoms with van der Waals surface area (Å²) in [6.07, 6.45) is 4.24. The highest BCUT2D eigenvalue weighted by atomic mass is 32.2. The van der Waals surface area contributed by atoms with Crippen molar-refractivity contribution in [3.8, 4) is 0 Å². The number of rotatable bonds is 12. The topological polar surface area (TPSA) is 67.4 Å². The third kappa shape index (κ3) is 8.85. The molecular formula is C12H26N2O3S. The van der Waals surface area contributed by atoms with Gasteiger partial charge in [-0.25, -0.2) is 13.1 Å². The molecule has 0 radical (unpaired) electrons. The van der Waals surface area contributed by atoms with Gasteiger partial charge in [-0.2, -0.15) is 0 Å². The van der Waals surface area contributed by atoms with Crippen LogP contribution in [-0.2, 0) is 14.8 Å². The van der Waals surface area contributed by atoms with E-state index in [0.29, 0.717) is 19.6 Å². The maximum Gasteiger partial charge on any atom is 0.211 e. The van der Waals surface area contributed by atoms with Crippen LogP contribution in [-0.4, -0.2) is 47.0 Å². The molecule has 0 aromatic rings. The van der Waals surface area contributed by atoms with Gasteiger partial charge in [0.2, 0.25) is 10.0 Å². The summed E-state index contributed by atoms with van der Waals surface area (Å²) in [4.78, 5) is 0. The predicted octanol–water partition coefficient (Wildman–Crippen LogP) is 0.722. The summed E-state index contributed by atoms with van der Waals surface area (Å²) in [6.45, 7) is 5.44. The Morgan fingerprint density at radius 3 is 2.67 bits per heavy atom. The lowest BCUT2D eigenvalue weighted by Crippen LogP contribution is -2.31. The molecule has 5 nitrogen and oxygen atoms in total. The molecule has 0 heterocycles. The molecule has 0 saturated heterocycles. The molecular weight excluding hydrogens is 252 g/mol. The summed E-state index contributed by atoms with van der Waals surface area (Å²) in [5.74, 6) is 0.915. The van der Waals surface area contributed by atoms with Crippen LogP contribution in [0.3, 0.4) is 0 Å². The Morgan fingerprint density at radius 1 is 1.22 bits per heavy atom. The minimum Gasteiger partial charge on any atom is -0.380 e. The summed E-state index contributed by atoms with van der Waals surface area (Å²) in [7, 11) is -3.12. The second-order valence-electron chi connectivity index (χ2n) is 4.84. The number of sulfonamides is 1. The van der Waals surface area contributed by atoms with Gasteiger partial charge in [0.05, 0.1) is 12.4 Å². The minimum absolute atomic E-state index is 0.187. The molecule has 1 aliphatic rings. The number of hydrogen-bond donors (Lipinski definition) is 2. The van der Waals surface area contributed by atoms with Crippen molar-refractivity contribution in [3.63, 3.8) is 0 Å². The molecule has 0 bridgehead atoms. The molecule has 18 heavy (non-hydrogen) atoms. The zero-order chi connectivity index (χ0) is 13.3. The number of ether oxygens (including phenoxy) is 1. The Bertz CT molecular complexity index is 302. The van der Waals surface area contributed by atoms with Gasteiger partial charge in [-0.05, 0) is 44.7 Å². The van der Waals surface area contributed by atoms with E-state index in [1.165, 1.54) is 12.8 Å². The van der Waals surface area contributed by atoms with E-state index in [1.54, 1.807) is 0 Å². The summed E-state index contributed by atoms with van der Waals surface area (Å²) in [6, 6.07) is 0. The number of hydrogen-bond acceptors (Lipinski definition) is 4. The Kier molecular flexibility index (Phi) is 7.81. The smallest absolute Gasteiger partial charge is 0.211 e. The molecule has 6 heteroatoms. The molecule has 1 rings (SSSR count). The summed E-state index contributed by atoms with van der Waals surface area (Å²) in [5.41, 5.74) is 0. The minimum atomic E-state index is -3.12. The molecule has 2 N–H and O–H groups in total. The average Bonchev–Trinajstić information content (AvgIpc) is 3.12. The van der Waals surface area contributed by atoms with Crippen LogP contribution < -0.4 is 10.0 Å². The van der Waals surface area contributed by atoms with Crippen molar-refractivity contribution in [1.82, 2.24) is 10.0 Å². The summed E-state index contributed by atoms with van der Waals surface area (Å²) < 4.78 is 31.1. The van der Waals surface area contributed by atoms with Crippen molar-refractivity contribution in [2.24, 2.45) is 5.92 Å². The normalized spacial score (nSPS) is 16.1. The van der Waals surface area contributed by atoms with Crippen molar-refractivity contribution < 1.29 is 13.2 Å². The molecule has 0 aromatic carbocycles. The average molecular weight is 278 g/mol. The second-order valence-corrected chi connectivity index (χ2v) is 6.76. The van der Waals surface area contributed by atoms with Crippen LogP contribution in [0.25, 0.3) is 0 Å². The van der Waals surface area contributed by atoms with Gasteiger partial charge in [0.15, 0.2) is 0 Å². The lowest BCUT2D eigenvalue weighted by atomic mass is 10.4. The van der Waals surface area contributed by atoms with Crippen molar-refractivity contribution in [3.05, 3.63) is 0 Å². The van der Waals surface area contributed by atoms with Crippen molar-refractivity contribution >= 4 is 10.0 Å². The molecule has 0 aromatic heterocycles. The third-order valence-electron chi connectivity index (χ3n) is 2.81.